The molecule has 0 bridgehead atoms. The third-order valence-corrected chi connectivity index (χ3v) is 7.82. The zero-order valence-electron chi connectivity index (χ0n) is 24.4. The van der Waals surface area contributed by atoms with Crippen molar-refractivity contribution in [3.63, 3.8) is 0 Å². The van der Waals surface area contributed by atoms with Crippen molar-refractivity contribution >= 4 is 21.5 Å². The molecule has 218 valence electrons. The summed E-state index contributed by atoms with van der Waals surface area (Å²) in [6.07, 6.45) is 7.61. The van der Waals surface area contributed by atoms with E-state index < -0.39 is 0 Å². The van der Waals surface area contributed by atoms with Crippen LogP contribution in [0.3, 0.4) is 0 Å². The van der Waals surface area contributed by atoms with Crippen LogP contribution in [0.1, 0.15) is 51.4 Å². The van der Waals surface area contributed by atoms with E-state index >= 15 is 0 Å². The Morgan fingerprint density at radius 1 is 0.405 bits per heavy atom. The summed E-state index contributed by atoms with van der Waals surface area (Å²) < 4.78 is 13.0. The van der Waals surface area contributed by atoms with E-state index in [-0.39, 0.29) is 13.2 Å². The van der Waals surface area contributed by atoms with E-state index in [0.717, 1.165) is 85.1 Å². The molecule has 0 saturated carbocycles. The fourth-order valence-corrected chi connectivity index (χ4v) is 5.46. The second kappa shape index (κ2) is 15.4. The van der Waals surface area contributed by atoms with E-state index in [4.69, 9.17) is 19.7 Å². The first kappa shape index (κ1) is 29.6. The van der Waals surface area contributed by atoms with Gasteiger partial charge in [-0.1, -0.05) is 85.6 Å². The average Bonchev–Trinajstić information content (AvgIpc) is 3.04. The minimum atomic E-state index is 0.241. The summed E-state index contributed by atoms with van der Waals surface area (Å²) in [6.45, 7) is 1.72. The Kier molecular flexibility index (Phi) is 10.9. The SMILES string of the molecule is OCCCCCCOc1cc(-c2ccc3ccccc3c2)c(OCCCCCCO)cc1-c1ccc2ccccc2c1. The van der Waals surface area contributed by atoms with E-state index in [2.05, 4.69) is 97.1 Å². The zero-order chi connectivity index (χ0) is 29.0. The number of aliphatic hydroxyl groups is 2. The molecule has 0 aliphatic heterocycles. The lowest BCUT2D eigenvalue weighted by molar-refractivity contribution is 0.272. The predicted molar refractivity (Wildman–Crippen MR) is 174 cm³/mol. The van der Waals surface area contributed by atoms with Gasteiger partial charge >= 0.3 is 0 Å². The molecule has 0 atom stereocenters. The van der Waals surface area contributed by atoms with Crippen LogP contribution >= 0.6 is 0 Å². The Morgan fingerprint density at radius 2 is 0.810 bits per heavy atom. The summed E-state index contributed by atoms with van der Waals surface area (Å²) >= 11 is 0. The Bertz CT molecular complexity index is 1460. The molecule has 0 aliphatic rings. The van der Waals surface area contributed by atoms with Crippen molar-refractivity contribution in [2.45, 2.75) is 51.4 Å². The monoisotopic (exact) mass is 562 g/mol. The van der Waals surface area contributed by atoms with Crippen molar-refractivity contribution in [3.8, 4) is 33.8 Å². The molecule has 0 spiro atoms. The van der Waals surface area contributed by atoms with Crippen LogP contribution < -0.4 is 9.47 Å². The largest absolute Gasteiger partial charge is 0.493 e. The lowest BCUT2D eigenvalue weighted by Crippen LogP contribution is -2.03. The Hall–Kier alpha value is -3.86. The van der Waals surface area contributed by atoms with E-state index in [1.807, 2.05) is 0 Å². The molecular formula is C38H42O4. The van der Waals surface area contributed by atoms with Crippen LogP contribution in [0.2, 0.25) is 0 Å². The number of rotatable bonds is 16. The topological polar surface area (TPSA) is 58.9 Å². The van der Waals surface area contributed by atoms with Crippen LogP contribution in [-0.4, -0.2) is 36.6 Å². The number of hydrogen-bond acceptors (Lipinski definition) is 4. The molecule has 4 nitrogen and oxygen atoms in total. The molecule has 0 amide bonds. The van der Waals surface area contributed by atoms with Gasteiger partial charge in [-0.25, -0.2) is 0 Å². The van der Waals surface area contributed by atoms with Crippen LogP contribution in [0.15, 0.2) is 97.1 Å². The van der Waals surface area contributed by atoms with Crippen molar-refractivity contribution in [2.24, 2.45) is 0 Å². The molecule has 4 heteroatoms. The normalized spacial score (nSPS) is 11.3. The highest BCUT2D eigenvalue weighted by atomic mass is 16.5. The first-order chi connectivity index (χ1) is 20.8. The van der Waals surface area contributed by atoms with Crippen molar-refractivity contribution in [1.29, 1.82) is 0 Å². The van der Waals surface area contributed by atoms with Crippen molar-refractivity contribution in [3.05, 3.63) is 97.1 Å². The van der Waals surface area contributed by atoms with Gasteiger partial charge in [0.25, 0.3) is 0 Å². The minimum Gasteiger partial charge on any atom is -0.493 e. The first-order valence-corrected chi connectivity index (χ1v) is 15.4. The van der Waals surface area contributed by atoms with Gasteiger partial charge in [-0.05, 0) is 95.5 Å². The number of unbranched alkanes of at least 4 members (excludes halogenated alkanes) is 6. The van der Waals surface area contributed by atoms with Crippen LogP contribution in [0.5, 0.6) is 11.5 Å². The van der Waals surface area contributed by atoms with E-state index in [0.29, 0.717) is 13.2 Å². The minimum absolute atomic E-state index is 0.241. The first-order valence-electron chi connectivity index (χ1n) is 15.4. The number of ether oxygens (including phenoxy) is 2. The van der Waals surface area contributed by atoms with Gasteiger partial charge in [0.1, 0.15) is 11.5 Å². The fraction of sp³-hybridized carbons (Fsp3) is 0.316. The van der Waals surface area contributed by atoms with E-state index in [9.17, 15) is 0 Å². The number of hydrogen-bond donors (Lipinski definition) is 2. The summed E-state index contributed by atoms with van der Waals surface area (Å²) in [5.41, 5.74) is 4.25. The van der Waals surface area contributed by atoms with Gasteiger partial charge in [-0.3, -0.25) is 0 Å². The summed E-state index contributed by atoms with van der Waals surface area (Å²) in [6, 6.07) is 34.3. The van der Waals surface area contributed by atoms with E-state index in [1.54, 1.807) is 0 Å². The molecular weight excluding hydrogens is 520 g/mol. The third kappa shape index (κ3) is 7.70. The smallest absolute Gasteiger partial charge is 0.128 e. The summed E-state index contributed by atoms with van der Waals surface area (Å²) in [5, 5.41) is 23.1. The number of aliphatic hydroxyl groups excluding tert-OH is 2. The predicted octanol–water partition coefficient (Wildman–Crippen LogP) is 9.19. The van der Waals surface area contributed by atoms with E-state index in [1.165, 1.54) is 21.5 Å². The molecule has 0 aliphatic carbocycles. The molecule has 0 saturated heterocycles. The van der Waals surface area contributed by atoms with Crippen LogP contribution in [0.25, 0.3) is 43.8 Å². The van der Waals surface area contributed by atoms with Gasteiger partial charge < -0.3 is 19.7 Å². The average molecular weight is 563 g/mol. The molecule has 0 fully saturated rings. The molecule has 0 unspecified atom stereocenters. The quantitative estimate of drug-likeness (QED) is 0.118. The zero-order valence-corrected chi connectivity index (χ0v) is 24.4. The van der Waals surface area contributed by atoms with Gasteiger partial charge in [-0.15, -0.1) is 0 Å². The standard InChI is InChI=1S/C38H42O4/c39-21-9-1-3-11-23-41-37-27-36(34-20-18-30-14-6-8-16-32(30)26-34)38(42-24-12-4-2-10-22-40)28-35(37)33-19-17-29-13-5-7-15-31(29)25-33/h5-8,13-20,25-28,39-40H,1-4,9-12,21-24H2. The van der Waals surface area contributed by atoms with Gasteiger partial charge in [-0.2, -0.15) is 0 Å². The maximum Gasteiger partial charge on any atom is 0.128 e. The van der Waals surface area contributed by atoms with Crippen molar-refractivity contribution in [2.75, 3.05) is 26.4 Å². The lowest BCUT2D eigenvalue weighted by Gasteiger charge is -2.19. The van der Waals surface area contributed by atoms with Gasteiger partial charge in [0.05, 0.1) is 13.2 Å². The summed E-state index contributed by atoms with van der Waals surface area (Å²) in [7, 11) is 0. The van der Waals surface area contributed by atoms with Crippen molar-refractivity contribution in [1.82, 2.24) is 0 Å². The lowest BCUT2D eigenvalue weighted by atomic mass is 9.95. The van der Waals surface area contributed by atoms with Gasteiger partial charge in [0.15, 0.2) is 0 Å². The maximum absolute atomic E-state index is 9.13. The number of fused-ring (bicyclic) bond motifs is 2. The highest BCUT2D eigenvalue weighted by molar-refractivity contribution is 5.92. The Labute approximate surface area is 249 Å². The molecule has 5 aromatic carbocycles. The molecule has 42 heavy (non-hydrogen) atoms. The molecule has 5 rings (SSSR count). The fourth-order valence-electron chi connectivity index (χ4n) is 5.46. The van der Waals surface area contributed by atoms with Gasteiger partial charge in [0.2, 0.25) is 0 Å². The number of benzene rings is 5. The van der Waals surface area contributed by atoms with Gasteiger partial charge in [0, 0.05) is 24.3 Å². The third-order valence-electron chi connectivity index (χ3n) is 7.82. The summed E-state index contributed by atoms with van der Waals surface area (Å²) in [4.78, 5) is 0. The molecule has 0 heterocycles. The molecule has 0 aromatic heterocycles. The second-order valence-corrected chi connectivity index (χ2v) is 10.9. The molecule has 5 aromatic rings. The Balaban J connectivity index is 1.53. The van der Waals surface area contributed by atoms with Crippen molar-refractivity contribution < 1.29 is 19.7 Å². The molecule has 0 radical (unpaired) electrons. The highest BCUT2D eigenvalue weighted by Gasteiger charge is 2.17. The summed E-state index contributed by atoms with van der Waals surface area (Å²) in [5.74, 6) is 1.71. The van der Waals surface area contributed by atoms with Crippen LogP contribution in [0.4, 0.5) is 0 Å². The Morgan fingerprint density at radius 3 is 1.24 bits per heavy atom. The molecule has 2 N–H and O–H groups in total. The van der Waals surface area contributed by atoms with Crippen LogP contribution in [-0.2, 0) is 0 Å². The highest BCUT2D eigenvalue weighted by Crippen LogP contribution is 2.42. The second-order valence-electron chi connectivity index (χ2n) is 10.9. The maximum atomic E-state index is 9.13. The van der Waals surface area contributed by atoms with Crippen LogP contribution in [0, 0.1) is 0 Å².